The Labute approximate surface area is 221 Å². The van der Waals surface area contributed by atoms with E-state index >= 15 is 0 Å². The Hall–Kier alpha value is -0.660. The van der Waals surface area contributed by atoms with Crippen molar-refractivity contribution < 1.29 is 20.4 Å². The second-order valence-corrected chi connectivity index (χ2v) is 27.2. The molecular weight excluding hydrogens is 539 g/mol. The molecule has 0 aromatic heterocycles. The molecule has 2 aromatic rings. The first-order valence-electron chi connectivity index (χ1n) is 11.6. The fourth-order valence-electron chi connectivity index (χ4n) is 5.79. The van der Waals surface area contributed by atoms with Gasteiger partial charge in [0.2, 0.25) is 0 Å². The quantitative estimate of drug-likeness (QED) is 0.319. The van der Waals surface area contributed by atoms with Gasteiger partial charge in [-0.25, -0.2) is 0 Å². The van der Waals surface area contributed by atoms with Crippen molar-refractivity contribution in [2.24, 2.45) is 5.92 Å². The summed E-state index contributed by atoms with van der Waals surface area (Å²) in [5.74, 6) is 0.659. The zero-order valence-electron chi connectivity index (χ0n) is 21.5. The maximum absolute atomic E-state index is 2.61. The molecule has 0 nitrogen and oxygen atoms in total. The minimum absolute atomic E-state index is 0. The van der Waals surface area contributed by atoms with E-state index in [0.29, 0.717) is 9.54 Å². The number of benzene rings is 2. The molecule has 2 unspecified atom stereocenters. The van der Waals surface area contributed by atoms with E-state index in [1.165, 1.54) is 27.8 Å². The average Bonchev–Trinajstić information content (AvgIpc) is 3.14. The molecule has 2 aliphatic carbocycles. The van der Waals surface area contributed by atoms with Crippen molar-refractivity contribution in [2.75, 3.05) is 0 Å². The predicted molar refractivity (Wildman–Crippen MR) is 150 cm³/mol. The Bertz CT molecular complexity index is 1210. The Morgan fingerprint density at radius 1 is 0.848 bits per heavy atom. The summed E-state index contributed by atoms with van der Waals surface area (Å²) in [5, 5.41) is 0. The van der Waals surface area contributed by atoms with Crippen LogP contribution in [0.5, 0.6) is 0 Å². The van der Waals surface area contributed by atoms with Crippen molar-refractivity contribution in [1.82, 2.24) is 0 Å². The van der Waals surface area contributed by atoms with E-state index < -0.39 is 20.4 Å². The van der Waals surface area contributed by atoms with Crippen LogP contribution in [-0.2, 0) is 20.4 Å². The molecule has 0 heterocycles. The van der Waals surface area contributed by atoms with Crippen LogP contribution in [0, 0.1) is 19.8 Å². The number of halogens is 2. The topological polar surface area (TPSA) is 0 Å². The molecule has 0 aliphatic heterocycles. The summed E-state index contributed by atoms with van der Waals surface area (Å²) in [4.78, 5) is 0. The van der Waals surface area contributed by atoms with Crippen molar-refractivity contribution in [3.05, 3.63) is 84.2 Å². The van der Waals surface area contributed by atoms with Crippen LogP contribution in [0.4, 0.5) is 0 Å². The zero-order valence-corrected chi connectivity index (χ0v) is 26.6. The number of hydrogen-bond acceptors (Lipinski definition) is 0. The molecular formula is C29H38Cl2SiZr. The second-order valence-electron chi connectivity index (χ2n) is 9.87. The van der Waals surface area contributed by atoms with E-state index in [2.05, 4.69) is 104 Å². The van der Waals surface area contributed by atoms with Gasteiger partial charge in [0.1, 0.15) is 0 Å². The smallest absolute Gasteiger partial charge is 0.147 e. The van der Waals surface area contributed by atoms with Gasteiger partial charge < -0.3 is 0 Å². The molecule has 0 N–H and O–H groups in total. The molecule has 2 aliphatic rings. The fraction of sp³-hybridized carbons (Fsp3) is 0.379. The maximum Gasteiger partial charge on any atom is -0.147 e. The van der Waals surface area contributed by atoms with Gasteiger partial charge in [-0.2, -0.15) is 0 Å². The summed E-state index contributed by atoms with van der Waals surface area (Å²) in [6.07, 6.45) is 2.56. The van der Waals surface area contributed by atoms with Crippen molar-refractivity contribution in [2.45, 2.75) is 65.2 Å². The van der Waals surface area contributed by atoms with Crippen molar-refractivity contribution >= 4 is 36.3 Å². The molecule has 33 heavy (non-hydrogen) atoms. The monoisotopic (exact) mass is 574 g/mol. The third-order valence-electron chi connectivity index (χ3n) is 7.88. The van der Waals surface area contributed by atoms with E-state index in [0.717, 1.165) is 0 Å². The molecule has 0 amide bonds. The summed E-state index contributed by atoms with van der Waals surface area (Å²) in [6, 6.07) is 13.6. The van der Waals surface area contributed by atoms with Crippen LogP contribution in [0.15, 0.2) is 62.0 Å². The van der Waals surface area contributed by atoms with Gasteiger partial charge in [0, 0.05) is 0 Å². The van der Waals surface area contributed by atoms with E-state index in [9.17, 15) is 0 Å². The molecule has 0 radical (unpaired) electrons. The number of hydrogen-bond donors (Lipinski definition) is 0. The molecule has 0 saturated carbocycles. The van der Waals surface area contributed by atoms with Gasteiger partial charge in [0.05, 0.1) is 0 Å². The van der Waals surface area contributed by atoms with Crippen LogP contribution in [0.3, 0.4) is 0 Å². The Morgan fingerprint density at radius 3 is 1.97 bits per heavy atom. The fourth-order valence-corrected chi connectivity index (χ4v) is 26.4. The van der Waals surface area contributed by atoms with E-state index in [1.807, 2.05) is 3.28 Å². The Kier molecular flexibility index (Phi) is 9.48. The third-order valence-corrected chi connectivity index (χ3v) is 26.9. The molecule has 2 atom stereocenters. The standard InChI is InChI=1S/C18H17.C9H13.C2H6Si.2ClH.Zr/c1-12-9-16-11-13(2)14(3)18(17(16)10-12)15-7-5-4-6-8-15;1-6-5-7(2)9(4)8(6)3;1-3-2;;;/h4-11H,1-3H3;6H,1-4H3;1-2H3;2*1H;. The van der Waals surface area contributed by atoms with E-state index in [-0.39, 0.29) is 30.2 Å². The SMILES string of the molecule is CC1=Cc2c(cc(C)c(C)c2-c2ccccc2)[CH]1[Zr]([C]1=C(C)C(C)=C(C)C1C)=[Si](C)C.Cl.Cl. The number of fused-ring (bicyclic) bond motifs is 1. The van der Waals surface area contributed by atoms with Crippen LogP contribution >= 0.6 is 24.8 Å². The van der Waals surface area contributed by atoms with Crippen LogP contribution < -0.4 is 0 Å². The van der Waals surface area contributed by atoms with E-state index in [4.69, 9.17) is 0 Å². The van der Waals surface area contributed by atoms with Crippen LogP contribution in [0.2, 0.25) is 13.1 Å². The molecule has 0 fully saturated rings. The summed E-state index contributed by atoms with van der Waals surface area (Å²) < 4.78 is 2.62. The molecule has 2 aromatic carbocycles. The molecule has 0 bridgehead atoms. The maximum atomic E-state index is 2.61. The molecule has 0 saturated heterocycles. The minimum Gasteiger partial charge on any atom is -0.147 e. The minimum atomic E-state index is -1.93. The number of aryl methyl sites for hydroxylation is 1. The summed E-state index contributed by atoms with van der Waals surface area (Å²) >= 11 is -1.93. The van der Waals surface area contributed by atoms with Crippen molar-refractivity contribution in [1.29, 1.82) is 0 Å². The summed E-state index contributed by atoms with van der Waals surface area (Å²) in [7, 11) is 0. The molecule has 0 spiro atoms. The predicted octanol–water partition coefficient (Wildman–Crippen LogP) is 9.40. The van der Waals surface area contributed by atoms with Gasteiger partial charge in [0.15, 0.2) is 0 Å². The first-order valence-corrected chi connectivity index (χ1v) is 20.4. The van der Waals surface area contributed by atoms with Crippen LogP contribution in [0.1, 0.15) is 60.5 Å². The van der Waals surface area contributed by atoms with Gasteiger partial charge in [-0.3, -0.25) is 0 Å². The Balaban J connectivity index is 0.00000193. The Morgan fingerprint density at radius 2 is 1.45 bits per heavy atom. The van der Waals surface area contributed by atoms with Gasteiger partial charge in [-0.1, -0.05) is 0 Å². The second kappa shape index (κ2) is 10.9. The zero-order chi connectivity index (χ0) is 22.6. The molecule has 176 valence electrons. The van der Waals surface area contributed by atoms with E-state index in [1.54, 1.807) is 27.9 Å². The van der Waals surface area contributed by atoms with Crippen molar-refractivity contribution in [3.8, 4) is 11.1 Å². The van der Waals surface area contributed by atoms with Gasteiger partial charge in [0.25, 0.3) is 0 Å². The van der Waals surface area contributed by atoms with Crippen LogP contribution in [0.25, 0.3) is 17.2 Å². The van der Waals surface area contributed by atoms with Gasteiger partial charge in [-0.15, -0.1) is 24.8 Å². The molecule has 4 rings (SSSR count). The largest absolute Gasteiger partial charge is 0.147 e. The average molecular weight is 577 g/mol. The van der Waals surface area contributed by atoms with Gasteiger partial charge >= 0.3 is 198 Å². The van der Waals surface area contributed by atoms with Crippen molar-refractivity contribution in [3.63, 3.8) is 0 Å². The first-order chi connectivity index (χ1) is 14.6. The number of rotatable bonds is 3. The summed E-state index contributed by atoms with van der Waals surface area (Å²) in [5.41, 5.74) is 15.0. The third kappa shape index (κ3) is 4.75. The van der Waals surface area contributed by atoms with Crippen LogP contribution in [-0.4, -0.2) is 5.43 Å². The van der Waals surface area contributed by atoms with Gasteiger partial charge in [-0.05, 0) is 0 Å². The summed E-state index contributed by atoms with van der Waals surface area (Å²) in [6.45, 7) is 21.9. The normalized spacial score (nSPS) is 19.1. The number of allylic oxidation sites excluding steroid dienone is 5. The molecule has 4 heteroatoms. The first kappa shape index (κ1) is 28.6.